The van der Waals surface area contributed by atoms with Gasteiger partial charge in [0.15, 0.2) is 0 Å². The summed E-state index contributed by atoms with van der Waals surface area (Å²) in [5, 5.41) is 0.590. The molecule has 0 aliphatic heterocycles. The second-order valence-electron chi connectivity index (χ2n) is 8.49. The Morgan fingerprint density at radius 2 is 1.46 bits per heavy atom. The van der Waals surface area contributed by atoms with Gasteiger partial charge in [0, 0.05) is 11.1 Å². The maximum Gasteiger partial charge on any atom is 0.266 e. The molecule has 0 N–H and O–H groups in total. The van der Waals surface area contributed by atoms with Gasteiger partial charge >= 0.3 is 0 Å². The zero-order valence-corrected chi connectivity index (χ0v) is 19.7. The van der Waals surface area contributed by atoms with Gasteiger partial charge in [-0.3, -0.25) is 9.36 Å². The quantitative estimate of drug-likeness (QED) is 0.290. The highest BCUT2D eigenvalue weighted by Crippen LogP contribution is 2.19. The molecule has 1 heterocycles. The first-order valence-electron chi connectivity index (χ1n) is 11.5. The van der Waals surface area contributed by atoms with Gasteiger partial charge in [-0.15, -0.1) is 0 Å². The molecule has 0 fully saturated rings. The molecule has 0 atom stereocenters. The van der Waals surface area contributed by atoms with Crippen LogP contribution in [0.4, 0.5) is 0 Å². The van der Waals surface area contributed by atoms with E-state index in [0.29, 0.717) is 16.7 Å². The highest BCUT2D eigenvalue weighted by atomic mass is 16.1. The van der Waals surface area contributed by atoms with Gasteiger partial charge in [-0.1, -0.05) is 78.1 Å². The number of hydrogen-bond donors (Lipinski definition) is 0. The van der Waals surface area contributed by atoms with Crippen molar-refractivity contribution in [2.24, 2.45) is 0 Å². The maximum absolute atomic E-state index is 13.6. The number of aryl methyl sites for hydroxylation is 2. The van der Waals surface area contributed by atoms with E-state index in [1.165, 1.54) is 5.56 Å². The zero-order chi connectivity index (χ0) is 24.2. The predicted molar refractivity (Wildman–Crippen MR) is 145 cm³/mol. The second-order valence-corrected chi connectivity index (χ2v) is 8.49. The fourth-order valence-corrected chi connectivity index (χ4v) is 3.99. The van der Waals surface area contributed by atoms with E-state index in [-0.39, 0.29) is 5.56 Å². The van der Waals surface area contributed by atoms with Gasteiger partial charge in [0.2, 0.25) is 0 Å². The van der Waals surface area contributed by atoms with Crippen molar-refractivity contribution in [2.45, 2.75) is 13.8 Å². The van der Waals surface area contributed by atoms with Crippen molar-refractivity contribution in [1.82, 2.24) is 9.55 Å². The van der Waals surface area contributed by atoms with Crippen molar-refractivity contribution in [3.63, 3.8) is 0 Å². The number of hydrogen-bond acceptors (Lipinski definition) is 2. The third-order valence-electron chi connectivity index (χ3n) is 5.87. The summed E-state index contributed by atoms with van der Waals surface area (Å²) in [6.45, 7) is 4.06. The highest BCUT2D eigenvalue weighted by Gasteiger charge is 2.13. The molecule has 5 aromatic rings. The lowest BCUT2D eigenvalue weighted by atomic mass is 10.1. The van der Waals surface area contributed by atoms with Crippen LogP contribution in [0.25, 0.3) is 28.7 Å². The predicted octanol–water partition coefficient (Wildman–Crippen LogP) is 6.57. The standard InChI is InChI=1S/C32H24N2O/c1-23-12-14-26(15-13-23)19-21-31-33-29-11-7-6-10-28(29)32(35)34(31)30-20-18-27(22-24(30)2)17-16-25-8-4-3-5-9-25/h3-15,18-22H,1-2H3/b21-19+. The van der Waals surface area contributed by atoms with Crippen molar-refractivity contribution in [2.75, 3.05) is 0 Å². The normalized spacial score (nSPS) is 10.9. The Balaban J connectivity index is 1.61. The SMILES string of the molecule is Cc1ccc(/C=C/c2nc3ccccc3c(=O)n2-c2ccc(C#Cc3ccccc3)cc2C)cc1. The van der Waals surface area contributed by atoms with E-state index in [9.17, 15) is 4.79 Å². The Bertz CT molecular complexity index is 1670. The van der Waals surface area contributed by atoms with Crippen LogP contribution in [0.5, 0.6) is 0 Å². The summed E-state index contributed by atoms with van der Waals surface area (Å²) >= 11 is 0. The Kier molecular flexibility index (Phi) is 6.11. The molecule has 0 radical (unpaired) electrons. The Labute approximate surface area is 205 Å². The molecule has 0 amide bonds. The molecular formula is C32H24N2O. The largest absolute Gasteiger partial charge is 0.268 e. The average molecular weight is 453 g/mol. The smallest absolute Gasteiger partial charge is 0.266 e. The van der Waals surface area contributed by atoms with Crippen LogP contribution in [0, 0.1) is 25.7 Å². The Hall–Kier alpha value is -4.68. The average Bonchev–Trinajstić information content (AvgIpc) is 2.88. The Morgan fingerprint density at radius 3 is 2.23 bits per heavy atom. The van der Waals surface area contributed by atoms with Crippen LogP contribution < -0.4 is 5.56 Å². The molecule has 0 unspecified atom stereocenters. The molecule has 1 aromatic heterocycles. The third kappa shape index (κ3) is 4.83. The van der Waals surface area contributed by atoms with E-state index in [4.69, 9.17) is 4.98 Å². The zero-order valence-electron chi connectivity index (χ0n) is 19.7. The van der Waals surface area contributed by atoms with E-state index in [2.05, 4.69) is 43.0 Å². The molecule has 0 saturated carbocycles. The van der Waals surface area contributed by atoms with E-state index < -0.39 is 0 Å². The lowest BCUT2D eigenvalue weighted by molar-refractivity contribution is 0.934. The molecule has 0 saturated heterocycles. The van der Waals surface area contributed by atoms with Crippen LogP contribution >= 0.6 is 0 Å². The Morgan fingerprint density at radius 1 is 0.743 bits per heavy atom. The van der Waals surface area contributed by atoms with Gasteiger partial charge in [-0.05, 0) is 73.5 Å². The fourth-order valence-electron chi connectivity index (χ4n) is 3.99. The monoisotopic (exact) mass is 452 g/mol. The molecule has 168 valence electrons. The lowest BCUT2D eigenvalue weighted by Gasteiger charge is -2.14. The number of benzene rings is 4. The highest BCUT2D eigenvalue weighted by molar-refractivity contribution is 5.80. The molecule has 0 aliphatic rings. The fraction of sp³-hybridized carbons (Fsp3) is 0.0625. The minimum atomic E-state index is -0.0922. The summed E-state index contributed by atoms with van der Waals surface area (Å²) < 4.78 is 1.69. The summed E-state index contributed by atoms with van der Waals surface area (Å²) in [7, 11) is 0. The molecule has 3 nitrogen and oxygen atoms in total. The molecule has 5 rings (SSSR count). The summed E-state index contributed by atoms with van der Waals surface area (Å²) in [5.74, 6) is 7.00. The molecule has 0 spiro atoms. The number of rotatable bonds is 3. The van der Waals surface area contributed by atoms with E-state index in [1.807, 2.05) is 91.9 Å². The number of aromatic nitrogens is 2. The van der Waals surface area contributed by atoms with Gasteiger partial charge in [0.25, 0.3) is 5.56 Å². The van der Waals surface area contributed by atoms with E-state index >= 15 is 0 Å². The molecule has 35 heavy (non-hydrogen) atoms. The second kappa shape index (κ2) is 9.67. The van der Waals surface area contributed by atoms with Gasteiger partial charge in [0.05, 0.1) is 16.6 Å². The minimum absolute atomic E-state index is 0.0922. The molecule has 4 aromatic carbocycles. The first-order valence-corrected chi connectivity index (χ1v) is 11.5. The van der Waals surface area contributed by atoms with Crippen molar-refractivity contribution in [3.8, 4) is 17.5 Å². The third-order valence-corrected chi connectivity index (χ3v) is 5.87. The van der Waals surface area contributed by atoms with Crippen LogP contribution in [0.1, 0.15) is 33.6 Å². The first kappa shape index (κ1) is 22.1. The van der Waals surface area contributed by atoms with Crippen molar-refractivity contribution >= 4 is 23.1 Å². The van der Waals surface area contributed by atoms with Crippen LogP contribution in [0.3, 0.4) is 0 Å². The first-order chi connectivity index (χ1) is 17.1. The lowest BCUT2D eigenvalue weighted by Crippen LogP contribution is -2.23. The molecular weight excluding hydrogens is 428 g/mol. The van der Waals surface area contributed by atoms with Crippen LogP contribution in [0.2, 0.25) is 0 Å². The van der Waals surface area contributed by atoms with E-state index in [1.54, 1.807) is 4.57 Å². The molecule has 0 bridgehead atoms. The van der Waals surface area contributed by atoms with Gasteiger partial charge in [0.1, 0.15) is 5.82 Å². The molecule has 0 aliphatic carbocycles. The summed E-state index contributed by atoms with van der Waals surface area (Å²) in [5.41, 5.74) is 6.45. The van der Waals surface area contributed by atoms with Crippen LogP contribution in [-0.2, 0) is 0 Å². The number of nitrogens with zero attached hydrogens (tertiary/aromatic N) is 2. The van der Waals surface area contributed by atoms with Crippen molar-refractivity contribution in [1.29, 1.82) is 0 Å². The maximum atomic E-state index is 13.6. The van der Waals surface area contributed by atoms with Crippen molar-refractivity contribution < 1.29 is 0 Å². The topological polar surface area (TPSA) is 34.9 Å². The number of para-hydroxylation sites is 1. The molecule has 3 heteroatoms. The van der Waals surface area contributed by atoms with Crippen molar-refractivity contribution in [3.05, 3.63) is 141 Å². The van der Waals surface area contributed by atoms with Crippen LogP contribution in [-0.4, -0.2) is 9.55 Å². The van der Waals surface area contributed by atoms with Gasteiger partial charge in [-0.25, -0.2) is 4.98 Å². The van der Waals surface area contributed by atoms with Gasteiger partial charge in [-0.2, -0.15) is 0 Å². The minimum Gasteiger partial charge on any atom is -0.268 e. The summed E-state index contributed by atoms with van der Waals surface area (Å²) in [4.78, 5) is 18.4. The van der Waals surface area contributed by atoms with E-state index in [0.717, 1.165) is 27.9 Å². The van der Waals surface area contributed by atoms with Crippen LogP contribution in [0.15, 0.2) is 102 Å². The summed E-state index contributed by atoms with van der Waals surface area (Å²) in [6.07, 6.45) is 3.89. The van der Waals surface area contributed by atoms with Gasteiger partial charge < -0.3 is 0 Å². The number of fused-ring (bicyclic) bond motifs is 1. The summed E-state index contributed by atoms with van der Waals surface area (Å²) in [6, 6.07) is 31.5.